The Morgan fingerprint density at radius 2 is 1.67 bits per heavy atom. The number of ether oxygens (including phenoxy) is 2. The van der Waals surface area contributed by atoms with E-state index >= 15 is 0 Å². The van der Waals surface area contributed by atoms with Crippen LogP contribution in [0.3, 0.4) is 0 Å². The summed E-state index contributed by atoms with van der Waals surface area (Å²) in [5.74, 6) is -2.41. The van der Waals surface area contributed by atoms with Gasteiger partial charge >= 0.3 is 11.9 Å². The Morgan fingerprint density at radius 1 is 1.04 bits per heavy atom. The molecule has 1 aliphatic rings. The Labute approximate surface area is 166 Å². The summed E-state index contributed by atoms with van der Waals surface area (Å²) in [7, 11) is 0. The first-order chi connectivity index (χ1) is 13.0. The molecule has 4 unspecified atom stereocenters. The SMILES string of the molecule is CCOC(=O)C1C(CC)=NC(CC)C(C(=O)OCC)C1c1ccccc1Cl. The second-order valence-corrected chi connectivity index (χ2v) is 6.91. The zero-order valence-electron chi connectivity index (χ0n) is 16.4. The van der Waals surface area contributed by atoms with Gasteiger partial charge in [-0.15, -0.1) is 0 Å². The molecule has 5 nitrogen and oxygen atoms in total. The molecule has 0 aliphatic carbocycles. The molecule has 0 aromatic heterocycles. The van der Waals surface area contributed by atoms with Crippen molar-refractivity contribution in [3.63, 3.8) is 0 Å². The molecule has 148 valence electrons. The number of rotatable bonds is 7. The van der Waals surface area contributed by atoms with Crippen molar-refractivity contribution in [3.8, 4) is 0 Å². The van der Waals surface area contributed by atoms with Crippen molar-refractivity contribution in [1.82, 2.24) is 0 Å². The minimum atomic E-state index is -0.646. The zero-order valence-corrected chi connectivity index (χ0v) is 17.2. The predicted octanol–water partition coefficient (Wildman–Crippen LogP) is 4.43. The van der Waals surface area contributed by atoms with Crippen LogP contribution < -0.4 is 0 Å². The minimum absolute atomic E-state index is 0.258. The average Bonchev–Trinajstić information content (AvgIpc) is 2.67. The molecular formula is C21H28ClNO4. The average molecular weight is 394 g/mol. The van der Waals surface area contributed by atoms with Gasteiger partial charge in [-0.25, -0.2) is 0 Å². The van der Waals surface area contributed by atoms with Gasteiger partial charge in [-0.05, 0) is 38.3 Å². The van der Waals surface area contributed by atoms with Crippen molar-refractivity contribution in [2.24, 2.45) is 16.8 Å². The maximum absolute atomic E-state index is 12.9. The van der Waals surface area contributed by atoms with Gasteiger partial charge in [-0.1, -0.05) is 43.6 Å². The van der Waals surface area contributed by atoms with Gasteiger partial charge in [0.1, 0.15) is 5.92 Å². The molecule has 0 radical (unpaired) electrons. The molecule has 4 atom stereocenters. The fourth-order valence-corrected chi connectivity index (χ4v) is 4.12. The third kappa shape index (κ3) is 4.52. The van der Waals surface area contributed by atoms with E-state index < -0.39 is 17.8 Å². The van der Waals surface area contributed by atoms with Crippen LogP contribution in [0.5, 0.6) is 0 Å². The number of hydrogen-bond acceptors (Lipinski definition) is 5. The highest BCUT2D eigenvalue weighted by atomic mass is 35.5. The van der Waals surface area contributed by atoms with Crippen molar-refractivity contribution >= 4 is 29.3 Å². The van der Waals surface area contributed by atoms with Crippen LogP contribution in [0.4, 0.5) is 0 Å². The molecule has 1 aromatic carbocycles. The second-order valence-electron chi connectivity index (χ2n) is 6.50. The lowest BCUT2D eigenvalue weighted by Crippen LogP contribution is -2.47. The fraction of sp³-hybridized carbons (Fsp3) is 0.571. The van der Waals surface area contributed by atoms with Crippen LogP contribution in [0.1, 0.15) is 52.0 Å². The number of halogens is 1. The van der Waals surface area contributed by atoms with Crippen LogP contribution in [-0.4, -0.2) is 36.9 Å². The summed E-state index contributed by atoms with van der Waals surface area (Å²) in [6.07, 6.45) is 1.28. The number of nitrogens with zero attached hydrogens (tertiary/aromatic N) is 1. The van der Waals surface area contributed by atoms with Gasteiger partial charge in [-0.2, -0.15) is 0 Å². The van der Waals surface area contributed by atoms with Crippen molar-refractivity contribution in [2.75, 3.05) is 13.2 Å². The third-order valence-corrected chi connectivity index (χ3v) is 5.34. The highest BCUT2D eigenvalue weighted by Crippen LogP contribution is 2.44. The lowest BCUT2D eigenvalue weighted by molar-refractivity contribution is -0.153. The van der Waals surface area contributed by atoms with E-state index in [4.69, 9.17) is 26.1 Å². The molecule has 1 aromatic rings. The Kier molecular flexibility index (Phi) is 7.84. The van der Waals surface area contributed by atoms with Crippen molar-refractivity contribution in [3.05, 3.63) is 34.9 Å². The normalized spacial score (nSPS) is 24.9. The van der Waals surface area contributed by atoms with Gasteiger partial charge in [0.2, 0.25) is 0 Å². The molecule has 1 aliphatic heterocycles. The number of esters is 2. The van der Waals surface area contributed by atoms with Crippen LogP contribution in [0.15, 0.2) is 29.3 Å². The van der Waals surface area contributed by atoms with E-state index in [1.54, 1.807) is 19.9 Å². The molecule has 0 spiro atoms. The lowest BCUT2D eigenvalue weighted by atomic mass is 9.68. The summed E-state index contributed by atoms with van der Waals surface area (Å²) in [6.45, 7) is 8.04. The summed E-state index contributed by atoms with van der Waals surface area (Å²) in [4.78, 5) is 30.5. The highest BCUT2D eigenvalue weighted by molar-refractivity contribution is 6.31. The molecule has 0 bridgehead atoms. The number of hydrogen-bond donors (Lipinski definition) is 0. The molecular weight excluding hydrogens is 366 g/mol. The van der Waals surface area contributed by atoms with E-state index in [0.29, 0.717) is 17.9 Å². The highest BCUT2D eigenvalue weighted by Gasteiger charge is 2.49. The molecule has 0 saturated carbocycles. The molecule has 0 N–H and O–H groups in total. The minimum Gasteiger partial charge on any atom is -0.466 e. The van der Waals surface area contributed by atoms with Crippen LogP contribution in [0.2, 0.25) is 5.02 Å². The Bertz CT molecular complexity index is 703. The van der Waals surface area contributed by atoms with Crippen LogP contribution in [0.25, 0.3) is 0 Å². The molecule has 2 rings (SSSR count). The van der Waals surface area contributed by atoms with Crippen LogP contribution in [-0.2, 0) is 19.1 Å². The van der Waals surface area contributed by atoms with Crippen molar-refractivity contribution < 1.29 is 19.1 Å². The number of carbonyl (C=O) groups is 2. The van der Waals surface area contributed by atoms with E-state index in [9.17, 15) is 9.59 Å². The van der Waals surface area contributed by atoms with E-state index in [1.807, 2.05) is 32.0 Å². The summed E-state index contributed by atoms with van der Waals surface area (Å²) < 4.78 is 10.7. The van der Waals surface area contributed by atoms with E-state index in [2.05, 4.69) is 0 Å². The monoisotopic (exact) mass is 393 g/mol. The molecule has 0 fully saturated rings. The Hall–Kier alpha value is -1.88. The van der Waals surface area contributed by atoms with Gasteiger partial charge in [0.15, 0.2) is 0 Å². The van der Waals surface area contributed by atoms with Crippen molar-refractivity contribution in [1.29, 1.82) is 0 Å². The first-order valence-electron chi connectivity index (χ1n) is 9.64. The first kappa shape index (κ1) is 21.4. The quantitative estimate of drug-likeness (QED) is 0.643. The standard InChI is InChI=1S/C21H28ClNO4/c1-5-15-18(20(24)26-7-3)17(13-11-9-10-12-14(13)22)19(16(6-2)23-15)21(25)27-8-4/h9-12,15,17-19H,5-8H2,1-4H3. The maximum atomic E-state index is 12.9. The summed E-state index contributed by atoms with van der Waals surface area (Å²) in [5, 5.41) is 0.526. The smallest absolute Gasteiger partial charge is 0.315 e. The summed E-state index contributed by atoms with van der Waals surface area (Å²) in [6, 6.07) is 7.09. The van der Waals surface area contributed by atoms with E-state index in [1.165, 1.54) is 0 Å². The van der Waals surface area contributed by atoms with Crippen LogP contribution >= 0.6 is 11.6 Å². The lowest BCUT2D eigenvalue weighted by Gasteiger charge is -2.39. The van der Waals surface area contributed by atoms with Gasteiger partial charge < -0.3 is 9.47 Å². The van der Waals surface area contributed by atoms with Gasteiger partial charge in [0.25, 0.3) is 0 Å². The number of carbonyl (C=O) groups excluding carboxylic acids is 2. The van der Waals surface area contributed by atoms with Gasteiger partial charge in [-0.3, -0.25) is 14.6 Å². The maximum Gasteiger partial charge on any atom is 0.315 e. The molecule has 1 heterocycles. The molecule has 0 saturated heterocycles. The van der Waals surface area contributed by atoms with Gasteiger partial charge in [0, 0.05) is 16.7 Å². The number of benzene rings is 1. The van der Waals surface area contributed by atoms with Gasteiger partial charge in [0.05, 0.1) is 25.2 Å². The van der Waals surface area contributed by atoms with E-state index in [-0.39, 0.29) is 31.2 Å². The molecule has 0 amide bonds. The largest absolute Gasteiger partial charge is 0.466 e. The second kappa shape index (κ2) is 9.88. The first-order valence-corrected chi connectivity index (χ1v) is 10.0. The Morgan fingerprint density at radius 3 is 2.22 bits per heavy atom. The number of aliphatic imine (C=N–C) groups is 1. The summed E-state index contributed by atoms with van der Waals surface area (Å²) in [5.41, 5.74) is 1.51. The predicted molar refractivity (Wildman–Crippen MR) is 106 cm³/mol. The zero-order chi connectivity index (χ0) is 20.0. The molecule has 6 heteroatoms. The van der Waals surface area contributed by atoms with Crippen LogP contribution in [0, 0.1) is 11.8 Å². The molecule has 27 heavy (non-hydrogen) atoms. The fourth-order valence-electron chi connectivity index (χ4n) is 3.86. The topological polar surface area (TPSA) is 65.0 Å². The third-order valence-electron chi connectivity index (χ3n) is 5.00. The Balaban J connectivity index is 2.67. The van der Waals surface area contributed by atoms with Crippen molar-refractivity contribution in [2.45, 2.75) is 52.5 Å². The van der Waals surface area contributed by atoms with E-state index in [0.717, 1.165) is 11.3 Å². The summed E-state index contributed by atoms with van der Waals surface area (Å²) >= 11 is 6.49.